The van der Waals surface area contributed by atoms with Crippen molar-refractivity contribution in [2.24, 2.45) is 0 Å². The van der Waals surface area contributed by atoms with Gasteiger partial charge in [0.25, 0.3) is 5.91 Å². The molecule has 0 atom stereocenters. The summed E-state index contributed by atoms with van der Waals surface area (Å²) in [5.41, 5.74) is 2.48. The number of rotatable bonds is 7. The molecule has 2 amide bonds. The van der Waals surface area contributed by atoms with Gasteiger partial charge in [0.2, 0.25) is 5.91 Å². The van der Waals surface area contributed by atoms with E-state index in [2.05, 4.69) is 5.32 Å². The third kappa shape index (κ3) is 4.55. The summed E-state index contributed by atoms with van der Waals surface area (Å²) in [6.45, 7) is 0.536. The van der Waals surface area contributed by atoms with Gasteiger partial charge in [0.05, 0.1) is 0 Å². The largest absolute Gasteiger partial charge is 0.481 e. The van der Waals surface area contributed by atoms with E-state index in [1.165, 1.54) is 0 Å². The number of hydrogen-bond donors (Lipinski definition) is 2. The Labute approximate surface area is 135 Å². The summed E-state index contributed by atoms with van der Waals surface area (Å²) in [6.07, 6.45) is 3.48. The number of unbranched alkanes of at least 4 members (excludes halogenated alkanes) is 2. The minimum atomic E-state index is -0.786. The predicted molar refractivity (Wildman–Crippen MR) is 86.6 cm³/mol. The maximum Gasteiger partial charge on any atom is 0.303 e. The molecule has 6 nitrogen and oxygen atoms in total. The highest BCUT2D eigenvalue weighted by Gasteiger charge is 2.21. The molecule has 0 spiro atoms. The van der Waals surface area contributed by atoms with Crippen LogP contribution in [0, 0.1) is 0 Å². The first kappa shape index (κ1) is 17.0. The molecule has 0 unspecified atom stereocenters. The highest BCUT2D eigenvalue weighted by Crippen LogP contribution is 2.27. The van der Waals surface area contributed by atoms with Crippen LogP contribution in [-0.4, -0.2) is 36.5 Å². The second-order valence-corrected chi connectivity index (χ2v) is 5.76. The van der Waals surface area contributed by atoms with Gasteiger partial charge in [0.1, 0.15) is 0 Å². The number of aliphatic carboxylic acids is 1. The minimum Gasteiger partial charge on any atom is -0.481 e. The molecule has 2 N–H and O–H groups in total. The number of carbonyl (C=O) groups is 3. The quantitative estimate of drug-likeness (QED) is 0.753. The van der Waals surface area contributed by atoms with Crippen LogP contribution in [0.2, 0.25) is 0 Å². The van der Waals surface area contributed by atoms with Crippen LogP contribution in [-0.2, 0) is 16.0 Å². The van der Waals surface area contributed by atoms with Crippen LogP contribution in [0.25, 0.3) is 0 Å². The topological polar surface area (TPSA) is 86.7 Å². The number of fused-ring (bicyclic) bond motifs is 1. The van der Waals surface area contributed by atoms with Gasteiger partial charge < -0.3 is 15.3 Å². The molecule has 1 aromatic rings. The Morgan fingerprint density at radius 3 is 2.74 bits per heavy atom. The molecule has 1 aliphatic heterocycles. The zero-order valence-electron chi connectivity index (χ0n) is 13.3. The number of hydrogen-bond acceptors (Lipinski definition) is 3. The highest BCUT2D eigenvalue weighted by molar-refractivity contribution is 5.98. The van der Waals surface area contributed by atoms with Crippen molar-refractivity contribution < 1.29 is 19.5 Å². The monoisotopic (exact) mass is 318 g/mol. The summed E-state index contributed by atoms with van der Waals surface area (Å²) in [7, 11) is 1.75. The van der Waals surface area contributed by atoms with Gasteiger partial charge in [-0.15, -0.1) is 0 Å². The number of benzene rings is 1. The summed E-state index contributed by atoms with van der Waals surface area (Å²) in [5.74, 6) is -0.826. The normalized spacial score (nSPS) is 13.6. The Morgan fingerprint density at radius 2 is 2.00 bits per heavy atom. The van der Waals surface area contributed by atoms with Gasteiger partial charge in [-0.2, -0.15) is 0 Å². The fourth-order valence-electron chi connectivity index (χ4n) is 2.68. The van der Waals surface area contributed by atoms with Gasteiger partial charge >= 0.3 is 5.97 Å². The van der Waals surface area contributed by atoms with Crippen molar-refractivity contribution in [3.05, 3.63) is 29.3 Å². The van der Waals surface area contributed by atoms with Crippen molar-refractivity contribution in [3.63, 3.8) is 0 Å². The first-order valence-corrected chi connectivity index (χ1v) is 7.88. The first-order valence-electron chi connectivity index (χ1n) is 7.88. The summed E-state index contributed by atoms with van der Waals surface area (Å²) in [4.78, 5) is 35.8. The van der Waals surface area contributed by atoms with Crippen LogP contribution in [0.1, 0.15) is 48.0 Å². The molecule has 6 heteroatoms. The van der Waals surface area contributed by atoms with E-state index in [4.69, 9.17) is 5.11 Å². The van der Waals surface area contributed by atoms with E-state index >= 15 is 0 Å². The lowest BCUT2D eigenvalue weighted by molar-refractivity contribution is -0.137. The molecular formula is C17H22N2O4. The van der Waals surface area contributed by atoms with Crippen molar-refractivity contribution in [2.45, 2.75) is 38.5 Å². The van der Waals surface area contributed by atoms with E-state index in [-0.39, 0.29) is 18.2 Å². The zero-order valence-corrected chi connectivity index (χ0v) is 13.3. The average molecular weight is 318 g/mol. The standard InChI is InChI=1S/C17H22N2O4/c1-19-14-8-6-13(11-12(14)7-9-15(19)20)17(23)18-10-4-2-3-5-16(21)22/h6,8,11H,2-5,7,9-10H2,1H3,(H,18,23)(H,21,22). The van der Waals surface area contributed by atoms with Gasteiger partial charge in [-0.3, -0.25) is 14.4 Å². The van der Waals surface area contributed by atoms with Crippen molar-refractivity contribution in [2.75, 3.05) is 18.5 Å². The summed E-state index contributed by atoms with van der Waals surface area (Å²) < 4.78 is 0. The van der Waals surface area contributed by atoms with Crippen molar-refractivity contribution in [1.29, 1.82) is 0 Å². The molecule has 0 fully saturated rings. The number of nitrogens with zero attached hydrogens (tertiary/aromatic N) is 1. The van der Waals surface area contributed by atoms with Crippen LogP contribution in [0.15, 0.2) is 18.2 Å². The Balaban J connectivity index is 1.84. The van der Waals surface area contributed by atoms with E-state index in [9.17, 15) is 14.4 Å². The molecule has 23 heavy (non-hydrogen) atoms. The third-order valence-corrected chi connectivity index (χ3v) is 4.04. The van der Waals surface area contributed by atoms with Crippen molar-refractivity contribution in [3.8, 4) is 0 Å². The molecule has 124 valence electrons. The summed E-state index contributed by atoms with van der Waals surface area (Å²) >= 11 is 0. The van der Waals surface area contributed by atoms with Crippen LogP contribution in [0.5, 0.6) is 0 Å². The fraction of sp³-hybridized carbons (Fsp3) is 0.471. The third-order valence-electron chi connectivity index (χ3n) is 4.04. The minimum absolute atomic E-state index is 0.0936. The average Bonchev–Trinajstić information content (AvgIpc) is 2.53. The molecule has 0 saturated heterocycles. The fourth-order valence-corrected chi connectivity index (χ4v) is 2.68. The number of anilines is 1. The van der Waals surface area contributed by atoms with E-state index in [0.29, 0.717) is 31.4 Å². The van der Waals surface area contributed by atoms with Gasteiger partial charge in [0.15, 0.2) is 0 Å². The Hall–Kier alpha value is -2.37. The molecule has 0 aromatic heterocycles. The van der Waals surface area contributed by atoms with Crippen LogP contribution < -0.4 is 10.2 Å². The summed E-state index contributed by atoms with van der Waals surface area (Å²) in [6, 6.07) is 5.39. The molecular weight excluding hydrogens is 296 g/mol. The molecule has 1 heterocycles. The maximum atomic E-state index is 12.1. The van der Waals surface area contributed by atoms with E-state index < -0.39 is 5.97 Å². The number of carboxylic acids is 1. The highest BCUT2D eigenvalue weighted by atomic mass is 16.4. The number of carbonyl (C=O) groups excluding carboxylic acids is 2. The lowest BCUT2D eigenvalue weighted by Crippen LogP contribution is -2.31. The zero-order chi connectivity index (χ0) is 16.8. The molecule has 0 radical (unpaired) electrons. The van der Waals surface area contributed by atoms with Gasteiger partial charge in [-0.25, -0.2) is 0 Å². The summed E-state index contributed by atoms with van der Waals surface area (Å²) in [5, 5.41) is 11.4. The Morgan fingerprint density at radius 1 is 1.22 bits per heavy atom. The van der Waals surface area contributed by atoms with Gasteiger partial charge in [0, 0.05) is 37.7 Å². The first-order chi connectivity index (χ1) is 11.0. The van der Waals surface area contributed by atoms with E-state index in [1.807, 2.05) is 12.1 Å². The molecule has 2 rings (SSSR count). The molecule has 0 aliphatic carbocycles. The molecule has 1 aliphatic rings. The number of nitrogens with one attached hydrogen (secondary N) is 1. The molecule has 0 bridgehead atoms. The molecule has 0 saturated carbocycles. The molecule has 1 aromatic carbocycles. The number of aryl methyl sites for hydroxylation is 1. The Kier molecular flexibility index (Phi) is 5.73. The lowest BCUT2D eigenvalue weighted by atomic mass is 9.99. The smallest absolute Gasteiger partial charge is 0.303 e. The van der Waals surface area contributed by atoms with Gasteiger partial charge in [-0.1, -0.05) is 6.42 Å². The predicted octanol–water partition coefficient (Wildman–Crippen LogP) is 1.97. The SMILES string of the molecule is CN1C(=O)CCc2cc(C(=O)NCCCCCC(=O)O)ccc21. The lowest BCUT2D eigenvalue weighted by Gasteiger charge is -2.26. The van der Waals surface area contributed by atoms with Crippen LogP contribution in [0.4, 0.5) is 5.69 Å². The van der Waals surface area contributed by atoms with Crippen LogP contribution in [0.3, 0.4) is 0 Å². The van der Waals surface area contributed by atoms with Crippen molar-refractivity contribution >= 4 is 23.5 Å². The van der Waals surface area contributed by atoms with E-state index in [1.54, 1.807) is 18.0 Å². The van der Waals surface area contributed by atoms with Crippen LogP contribution >= 0.6 is 0 Å². The van der Waals surface area contributed by atoms with Crippen molar-refractivity contribution in [1.82, 2.24) is 5.32 Å². The van der Waals surface area contributed by atoms with Gasteiger partial charge in [-0.05, 0) is 43.0 Å². The maximum absolute atomic E-state index is 12.1. The second kappa shape index (κ2) is 7.76. The number of carboxylic acid groups (broad SMARTS) is 1. The number of amides is 2. The van der Waals surface area contributed by atoms with E-state index in [0.717, 1.165) is 24.1 Å². The Bertz CT molecular complexity index is 613. The second-order valence-electron chi connectivity index (χ2n) is 5.76.